The summed E-state index contributed by atoms with van der Waals surface area (Å²) in [5, 5.41) is 12.9. The van der Waals surface area contributed by atoms with Crippen molar-refractivity contribution in [1.82, 2.24) is 20.0 Å². The lowest BCUT2D eigenvalue weighted by atomic mass is 10.2. The van der Waals surface area contributed by atoms with Crippen LogP contribution in [0.2, 0.25) is 5.02 Å². The molecule has 170 valence electrons. The number of rotatable bonds is 6. The summed E-state index contributed by atoms with van der Waals surface area (Å²) in [5.74, 6) is -0.520. The minimum absolute atomic E-state index is 0.00518. The Labute approximate surface area is 202 Å². The van der Waals surface area contributed by atoms with Gasteiger partial charge in [-0.3, -0.25) is 0 Å². The Morgan fingerprint density at radius 3 is 2.58 bits per heavy atom. The number of carbonyl (C=O) groups is 1. The third-order valence-corrected chi connectivity index (χ3v) is 6.69. The molecular weight excluding hydrogens is 536 g/mol. The average molecular weight is 552 g/mol. The smallest absolute Gasteiger partial charge is 0.360 e. The van der Waals surface area contributed by atoms with Crippen LogP contribution in [0.25, 0.3) is 28.7 Å². The molecule has 0 aliphatic heterocycles. The van der Waals surface area contributed by atoms with Gasteiger partial charge in [0.25, 0.3) is 5.89 Å². The van der Waals surface area contributed by atoms with E-state index in [-0.39, 0.29) is 39.1 Å². The Balaban J connectivity index is 1.87. The molecule has 4 rings (SSSR count). The number of para-hydroxylation sites is 1. The van der Waals surface area contributed by atoms with Gasteiger partial charge in [0.15, 0.2) is 15.5 Å². The van der Waals surface area contributed by atoms with Crippen LogP contribution in [0, 0.1) is 0 Å². The van der Waals surface area contributed by atoms with E-state index >= 15 is 0 Å². The molecule has 4 aromatic rings. The number of sulfone groups is 1. The molecule has 0 atom stereocenters. The zero-order valence-corrected chi connectivity index (χ0v) is 20.5. The molecule has 0 saturated carbocycles. The summed E-state index contributed by atoms with van der Waals surface area (Å²) in [7, 11) is -3.42. The highest BCUT2D eigenvalue weighted by Gasteiger charge is 2.28. The van der Waals surface area contributed by atoms with Gasteiger partial charge in [-0.05, 0) is 53.2 Å². The van der Waals surface area contributed by atoms with E-state index in [2.05, 4.69) is 31.2 Å². The summed E-state index contributed by atoms with van der Waals surface area (Å²) in [6.45, 7) is 1.85. The maximum Gasteiger partial charge on any atom is 0.360 e. The molecular formula is C21H16BrClN4O5S. The molecule has 0 bridgehead atoms. The van der Waals surface area contributed by atoms with Crippen molar-refractivity contribution < 1.29 is 22.4 Å². The zero-order chi connectivity index (χ0) is 23.8. The Kier molecular flexibility index (Phi) is 6.37. The van der Waals surface area contributed by atoms with Crippen LogP contribution in [0.15, 0.2) is 62.3 Å². The van der Waals surface area contributed by atoms with E-state index in [1.165, 1.54) is 16.8 Å². The summed E-state index contributed by atoms with van der Waals surface area (Å²) in [4.78, 5) is 12.6. The van der Waals surface area contributed by atoms with Gasteiger partial charge >= 0.3 is 5.97 Å². The van der Waals surface area contributed by atoms with E-state index in [0.29, 0.717) is 16.3 Å². The van der Waals surface area contributed by atoms with Crippen LogP contribution >= 0.6 is 27.5 Å². The molecule has 0 saturated heterocycles. The van der Waals surface area contributed by atoms with Gasteiger partial charge in [0.05, 0.1) is 26.7 Å². The van der Waals surface area contributed by atoms with E-state index in [0.717, 1.165) is 6.26 Å². The van der Waals surface area contributed by atoms with Gasteiger partial charge in [0.1, 0.15) is 5.69 Å². The third-order valence-electron chi connectivity index (χ3n) is 4.51. The van der Waals surface area contributed by atoms with Crippen molar-refractivity contribution in [3.05, 3.63) is 63.7 Å². The number of esters is 1. The molecule has 0 radical (unpaired) electrons. The molecule has 12 heteroatoms. The quantitative estimate of drug-likeness (QED) is 0.320. The van der Waals surface area contributed by atoms with Crippen LogP contribution in [0.4, 0.5) is 0 Å². The fourth-order valence-electron chi connectivity index (χ4n) is 3.01. The lowest BCUT2D eigenvalue weighted by Crippen LogP contribution is -2.07. The summed E-state index contributed by atoms with van der Waals surface area (Å²) >= 11 is 9.77. The first kappa shape index (κ1) is 23.1. The fraction of sp³-hybridized carbons (Fsp3) is 0.143. The maximum atomic E-state index is 12.5. The highest BCUT2D eigenvalue weighted by atomic mass is 79.9. The van der Waals surface area contributed by atoms with Crippen LogP contribution in [0.1, 0.15) is 17.4 Å². The molecule has 0 unspecified atom stereocenters. The molecule has 0 aliphatic rings. The zero-order valence-electron chi connectivity index (χ0n) is 17.3. The maximum absolute atomic E-state index is 12.5. The van der Waals surface area contributed by atoms with E-state index < -0.39 is 15.8 Å². The van der Waals surface area contributed by atoms with E-state index in [1.54, 1.807) is 43.3 Å². The normalized spacial score (nSPS) is 11.5. The van der Waals surface area contributed by atoms with Gasteiger partial charge in [0, 0.05) is 11.8 Å². The van der Waals surface area contributed by atoms with Gasteiger partial charge in [-0.1, -0.05) is 29.8 Å². The van der Waals surface area contributed by atoms with Crippen LogP contribution in [0.3, 0.4) is 0 Å². The summed E-state index contributed by atoms with van der Waals surface area (Å²) < 4.78 is 36.4. The lowest BCUT2D eigenvalue weighted by molar-refractivity contribution is 0.0518. The topological polar surface area (TPSA) is 117 Å². The van der Waals surface area contributed by atoms with Crippen LogP contribution in [-0.2, 0) is 14.6 Å². The number of benzene rings is 2. The minimum atomic E-state index is -3.42. The third kappa shape index (κ3) is 4.56. The van der Waals surface area contributed by atoms with Gasteiger partial charge in [0.2, 0.25) is 5.89 Å². The Morgan fingerprint density at radius 2 is 1.88 bits per heavy atom. The summed E-state index contributed by atoms with van der Waals surface area (Å²) in [5.41, 5.74) is 1.18. The SMILES string of the molecule is CCOC(=O)c1nn(-c2ccccc2Cl)c(-c2nnc(-c3cccc(S(C)(=O)=O)c3)o2)c1Br. The van der Waals surface area contributed by atoms with Crippen molar-refractivity contribution in [2.45, 2.75) is 11.8 Å². The van der Waals surface area contributed by atoms with Crippen molar-refractivity contribution >= 4 is 43.3 Å². The molecule has 0 amide bonds. The number of aromatic nitrogens is 4. The van der Waals surface area contributed by atoms with Gasteiger partial charge < -0.3 is 9.15 Å². The number of nitrogens with zero attached hydrogens (tertiary/aromatic N) is 4. The molecule has 2 aromatic heterocycles. The lowest BCUT2D eigenvalue weighted by Gasteiger charge is -2.06. The number of carbonyl (C=O) groups excluding carboxylic acids is 1. The standard InChI is InChI=1S/C21H16BrClN4O5S/c1-3-31-21(28)17-16(22)18(27(26-17)15-10-5-4-9-14(15)23)20-25-24-19(32-20)12-7-6-8-13(11-12)33(2,29)30/h4-11H,3H2,1-2H3. The first-order valence-electron chi connectivity index (χ1n) is 9.55. The highest BCUT2D eigenvalue weighted by Crippen LogP contribution is 2.36. The van der Waals surface area contributed by atoms with Gasteiger partial charge in [-0.2, -0.15) is 5.10 Å². The number of hydrogen-bond donors (Lipinski definition) is 0. The van der Waals surface area contributed by atoms with Gasteiger partial charge in [-0.15, -0.1) is 10.2 Å². The molecule has 2 heterocycles. The molecule has 0 aliphatic carbocycles. The molecule has 33 heavy (non-hydrogen) atoms. The largest absolute Gasteiger partial charge is 0.461 e. The summed E-state index contributed by atoms with van der Waals surface area (Å²) in [6.07, 6.45) is 1.11. The highest BCUT2D eigenvalue weighted by molar-refractivity contribution is 9.10. The first-order valence-corrected chi connectivity index (χ1v) is 12.6. The van der Waals surface area contributed by atoms with E-state index in [1.807, 2.05) is 0 Å². The number of hydrogen-bond acceptors (Lipinski definition) is 8. The van der Waals surface area contributed by atoms with E-state index in [9.17, 15) is 13.2 Å². The molecule has 0 spiro atoms. The Hall–Kier alpha value is -3.02. The van der Waals surface area contributed by atoms with Gasteiger partial charge in [-0.25, -0.2) is 17.9 Å². The van der Waals surface area contributed by atoms with Crippen molar-refractivity contribution in [3.8, 4) is 28.7 Å². The van der Waals surface area contributed by atoms with Crippen molar-refractivity contribution in [2.75, 3.05) is 12.9 Å². The summed E-state index contributed by atoms with van der Waals surface area (Å²) in [6, 6.07) is 13.1. The predicted octanol–water partition coefficient (Wildman–Crippen LogP) is 4.59. The van der Waals surface area contributed by atoms with Crippen molar-refractivity contribution in [1.29, 1.82) is 0 Å². The Morgan fingerprint density at radius 1 is 1.15 bits per heavy atom. The molecule has 9 nitrogen and oxygen atoms in total. The average Bonchev–Trinajstić information content (AvgIpc) is 3.38. The van der Waals surface area contributed by atoms with Crippen molar-refractivity contribution in [3.63, 3.8) is 0 Å². The number of ether oxygens (including phenoxy) is 1. The van der Waals surface area contributed by atoms with Crippen LogP contribution < -0.4 is 0 Å². The molecule has 0 fully saturated rings. The fourth-order valence-corrected chi connectivity index (χ4v) is 4.47. The molecule has 0 N–H and O–H groups in total. The predicted molar refractivity (Wildman–Crippen MR) is 124 cm³/mol. The number of halogens is 2. The Bertz CT molecular complexity index is 1470. The minimum Gasteiger partial charge on any atom is -0.461 e. The second kappa shape index (κ2) is 9.08. The molecule has 2 aromatic carbocycles. The monoisotopic (exact) mass is 550 g/mol. The van der Waals surface area contributed by atoms with Crippen LogP contribution in [-0.4, -0.2) is 47.2 Å². The van der Waals surface area contributed by atoms with Crippen molar-refractivity contribution in [2.24, 2.45) is 0 Å². The van der Waals surface area contributed by atoms with E-state index in [4.69, 9.17) is 20.8 Å². The first-order chi connectivity index (χ1) is 15.7. The second-order valence-corrected chi connectivity index (χ2v) is 10.0. The second-order valence-electron chi connectivity index (χ2n) is 6.81. The van der Waals surface area contributed by atoms with Crippen LogP contribution in [0.5, 0.6) is 0 Å².